The molecule has 0 unspecified atom stereocenters. The number of para-hydroxylation sites is 1. The third-order valence-electron chi connectivity index (χ3n) is 11.2. The van der Waals surface area contributed by atoms with Gasteiger partial charge >= 0.3 is 0 Å². The van der Waals surface area contributed by atoms with Crippen LogP contribution in [0.15, 0.2) is 59.7 Å². The molecule has 318 valence electrons. The SMILES string of the molecule is CC(=O)N[C@@H](Cc1c[nH]c2ccccc12)C(=O)N[C@H](CC1CCCCC1)C(=O)N1CC[C@H]1C(=O)N[C@H](Cc1ccc(O)cc1)C(=O)N[C@@H](CCCCN=C(N)N)C(N)=O. The first-order valence-corrected chi connectivity index (χ1v) is 20.4. The molecule has 5 rings (SSSR count). The number of guanidine groups is 1. The molecule has 3 aromatic rings. The number of aromatic nitrogens is 1. The number of H-pyrrole nitrogens is 1. The number of nitrogens with zero attached hydrogens (tertiary/aromatic N) is 2. The van der Waals surface area contributed by atoms with Crippen LogP contribution in [0.3, 0.4) is 0 Å². The van der Waals surface area contributed by atoms with E-state index in [1.54, 1.807) is 18.3 Å². The van der Waals surface area contributed by atoms with Crippen LogP contribution < -0.4 is 38.5 Å². The van der Waals surface area contributed by atoms with Gasteiger partial charge in [-0.3, -0.25) is 33.8 Å². The number of phenols is 1. The van der Waals surface area contributed by atoms with Gasteiger partial charge < -0.3 is 53.5 Å². The Hall–Kier alpha value is -6.13. The standard InChI is InChI=1S/C42H58N10O7/c1-25(53)48-34(23-28-24-47-31-12-6-5-11-30(28)31)39(57)51-35(22-26-9-3-2-4-10-26)41(59)52-20-18-36(52)40(58)50-33(21-27-14-16-29(54)17-15-27)38(56)49-32(37(43)55)13-7-8-19-46-42(44)45/h5-6,11-12,14-17,24,26,32-36,47,54H,2-4,7-10,13,18-23H2,1H3,(H2,43,55)(H,48,53)(H,49,56)(H,50,58)(H,51,57)(H4,44,45,46)/t32-,33+,34-,35+,36-/m0/s1. The maximum Gasteiger partial charge on any atom is 0.245 e. The van der Waals surface area contributed by atoms with Crippen LogP contribution in [0.4, 0.5) is 0 Å². The van der Waals surface area contributed by atoms with Crippen molar-refractivity contribution < 1.29 is 33.9 Å². The number of primary amides is 1. The summed E-state index contributed by atoms with van der Waals surface area (Å²) in [5.41, 5.74) is 18.8. The molecule has 1 saturated carbocycles. The van der Waals surface area contributed by atoms with Gasteiger partial charge in [0.25, 0.3) is 0 Å². The number of rotatable bonds is 20. The quantitative estimate of drug-likeness (QED) is 0.0448. The van der Waals surface area contributed by atoms with E-state index < -0.39 is 65.7 Å². The van der Waals surface area contributed by atoms with Gasteiger partial charge in [-0.25, -0.2) is 0 Å². The third-order valence-corrected chi connectivity index (χ3v) is 11.2. The van der Waals surface area contributed by atoms with E-state index in [0.717, 1.165) is 48.6 Å². The number of unbranched alkanes of at least 4 members (excludes halogenated alkanes) is 1. The van der Waals surface area contributed by atoms with E-state index in [-0.39, 0.29) is 43.4 Å². The number of aromatic hydroxyl groups is 1. The topological polar surface area (TPSA) is 280 Å². The fraction of sp³-hybridized carbons (Fsp3) is 0.500. The summed E-state index contributed by atoms with van der Waals surface area (Å²) in [5, 5.41) is 21.9. The van der Waals surface area contributed by atoms with Crippen LogP contribution in [0.1, 0.15) is 82.3 Å². The van der Waals surface area contributed by atoms with Crippen molar-refractivity contribution in [3.05, 3.63) is 65.9 Å². The van der Waals surface area contributed by atoms with Crippen molar-refractivity contribution in [1.29, 1.82) is 0 Å². The van der Waals surface area contributed by atoms with Crippen molar-refractivity contribution in [3.8, 4) is 5.75 Å². The molecule has 2 aromatic carbocycles. The van der Waals surface area contributed by atoms with E-state index in [2.05, 4.69) is 31.2 Å². The van der Waals surface area contributed by atoms with E-state index in [4.69, 9.17) is 17.2 Å². The first-order valence-electron chi connectivity index (χ1n) is 20.4. The van der Waals surface area contributed by atoms with Gasteiger partial charge in [-0.2, -0.15) is 0 Å². The highest BCUT2D eigenvalue weighted by Gasteiger charge is 2.43. The zero-order valence-electron chi connectivity index (χ0n) is 33.6. The van der Waals surface area contributed by atoms with Crippen molar-refractivity contribution >= 4 is 52.3 Å². The smallest absolute Gasteiger partial charge is 0.245 e. The number of hydrogen-bond acceptors (Lipinski definition) is 8. The summed E-state index contributed by atoms with van der Waals surface area (Å²) in [6, 6.07) is 8.73. The fourth-order valence-electron chi connectivity index (χ4n) is 7.92. The number of aromatic amines is 1. The molecule has 1 aliphatic heterocycles. The first kappa shape index (κ1) is 44.0. The van der Waals surface area contributed by atoms with E-state index in [0.29, 0.717) is 37.8 Å². The number of nitrogens with one attached hydrogen (secondary N) is 5. The van der Waals surface area contributed by atoms with Gasteiger partial charge in [0.15, 0.2) is 5.96 Å². The van der Waals surface area contributed by atoms with Crippen molar-refractivity contribution in [2.24, 2.45) is 28.1 Å². The minimum Gasteiger partial charge on any atom is -0.508 e. The second-order valence-electron chi connectivity index (χ2n) is 15.7. The summed E-state index contributed by atoms with van der Waals surface area (Å²) >= 11 is 0. The molecule has 5 atom stereocenters. The molecule has 1 saturated heterocycles. The zero-order valence-corrected chi connectivity index (χ0v) is 33.6. The summed E-state index contributed by atoms with van der Waals surface area (Å²) in [6.45, 7) is 1.94. The lowest BCUT2D eigenvalue weighted by Gasteiger charge is -2.42. The van der Waals surface area contributed by atoms with Crippen molar-refractivity contribution in [2.45, 2.75) is 114 Å². The fourth-order valence-corrected chi connectivity index (χ4v) is 7.92. The van der Waals surface area contributed by atoms with Crippen LogP contribution in [0.2, 0.25) is 0 Å². The van der Waals surface area contributed by atoms with Crippen LogP contribution in [0.25, 0.3) is 10.9 Å². The van der Waals surface area contributed by atoms with E-state index in [1.165, 1.54) is 24.0 Å². The van der Waals surface area contributed by atoms with E-state index in [1.807, 2.05) is 24.3 Å². The van der Waals surface area contributed by atoms with E-state index in [9.17, 15) is 33.9 Å². The molecule has 2 fully saturated rings. The Labute approximate surface area is 343 Å². The predicted molar refractivity (Wildman–Crippen MR) is 222 cm³/mol. The lowest BCUT2D eigenvalue weighted by Crippen LogP contribution is -2.65. The second-order valence-corrected chi connectivity index (χ2v) is 15.7. The number of fused-ring (bicyclic) bond motifs is 1. The van der Waals surface area contributed by atoms with Gasteiger partial charge in [0.2, 0.25) is 35.4 Å². The van der Waals surface area contributed by atoms with Gasteiger partial charge in [-0.1, -0.05) is 62.4 Å². The Morgan fingerprint density at radius 2 is 1.49 bits per heavy atom. The summed E-state index contributed by atoms with van der Waals surface area (Å²) in [4.78, 5) is 89.4. The van der Waals surface area contributed by atoms with Crippen molar-refractivity contribution in [3.63, 3.8) is 0 Å². The Balaban J connectivity index is 1.31. The molecule has 2 heterocycles. The van der Waals surface area contributed by atoms with Crippen LogP contribution in [-0.2, 0) is 41.6 Å². The third kappa shape index (κ3) is 12.7. The molecule has 59 heavy (non-hydrogen) atoms. The first-order chi connectivity index (χ1) is 28.3. The number of aliphatic imine (C=N–C) groups is 1. The number of hydrogen-bond donors (Lipinski definition) is 9. The van der Waals surface area contributed by atoms with Crippen LogP contribution in [0, 0.1) is 5.92 Å². The normalized spacial score (nSPS) is 17.4. The Bertz CT molecular complexity index is 1970. The Kier molecular flexibility index (Phi) is 15.7. The summed E-state index contributed by atoms with van der Waals surface area (Å²) in [5.74, 6) is -3.15. The number of carbonyl (C=O) groups excluding carboxylic acids is 6. The predicted octanol–water partition coefficient (Wildman–Crippen LogP) is 1.12. The molecule has 17 heteroatoms. The molecular formula is C42H58N10O7. The number of carbonyl (C=O) groups is 6. The maximum absolute atomic E-state index is 14.4. The van der Waals surface area contributed by atoms with Gasteiger partial charge in [0, 0.05) is 50.0 Å². The van der Waals surface area contributed by atoms with Crippen molar-refractivity contribution in [2.75, 3.05) is 13.1 Å². The van der Waals surface area contributed by atoms with Gasteiger partial charge in [0.05, 0.1) is 0 Å². The van der Waals surface area contributed by atoms with Crippen molar-refractivity contribution in [1.82, 2.24) is 31.2 Å². The monoisotopic (exact) mass is 814 g/mol. The second kappa shape index (κ2) is 21.0. The van der Waals surface area contributed by atoms with Gasteiger partial charge in [-0.05, 0) is 67.3 Å². The minimum atomic E-state index is -1.17. The number of amides is 6. The average molecular weight is 815 g/mol. The molecule has 17 nitrogen and oxygen atoms in total. The summed E-state index contributed by atoms with van der Waals surface area (Å²) in [7, 11) is 0. The highest BCUT2D eigenvalue weighted by Crippen LogP contribution is 2.29. The molecule has 1 aromatic heterocycles. The molecule has 12 N–H and O–H groups in total. The summed E-state index contributed by atoms with van der Waals surface area (Å²) in [6.07, 6.45) is 8.88. The lowest BCUT2D eigenvalue weighted by molar-refractivity contribution is -0.151. The van der Waals surface area contributed by atoms with E-state index >= 15 is 0 Å². The number of benzene rings is 2. The number of phenolic OH excluding ortho intramolecular Hbond substituents is 1. The molecule has 0 spiro atoms. The molecule has 0 bridgehead atoms. The van der Waals surface area contributed by atoms with Crippen LogP contribution in [0.5, 0.6) is 5.75 Å². The Morgan fingerprint density at radius 1 is 0.814 bits per heavy atom. The van der Waals surface area contributed by atoms with Crippen LogP contribution >= 0.6 is 0 Å². The zero-order chi connectivity index (χ0) is 42.5. The minimum absolute atomic E-state index is 0.00974. The lowest BCUT2D eigenvalue weighted by atomic mass is 9.84. The highest BCUT2D eigenvalue weighted by atomic mass is 16.3. The molecule has 2 aliphatic rings. The molecule has 0 radical (unpaired) electrons. The summed E-state index contributed by atoms with van der Waals surface area (Å²) < 4.78 is 0. The number of nitrogens with two attached hydrogens (primary N) is 3. The Morgan fingerprint density at radius 3 is 2.14 bits per heavy atom. The maximum atomic E-state index is 14.4. The molecule has 6 amide bonds. The molecule has 1 aliphatic carbocycles. The largest absolute Gasteiger partial charge is 0.508 e. The molecular weight excluding hydrogens is 757 g/mol. The van der Waals surface area contributed by atoms with Crippen LogP contribution in [-0.4, -0.2) is 99.7 Å². The van der Waals surface area contributed by atoms with Gasteiger partial charge in [-0.15, -0.1) is 0 Å². The van der Waals surface area contributed by atoms with Gasteiger partial charge in [0.1, 0.15) is 36.0 Å². The number of likely N-dealkylation sites (tertiary alicyclic amines) is 1. The highest BCUT2D eigenvalue weighted by molar-refractivity contribution is 5.97. The average Bonchev–Trinajstić information content (AvgIpc) is 3.59.